The molecular weight excluding hydrogens is 214 g/mol. The zero-order valence-electron chi connectivity index (χ0n) is 9.76. The van der Waals surface area contributed by atoms with E-state index in [0.29, 0.717) is 11.5 Å². The second-order valence-corrected chi connectivity index (χ2v) is 4.59. The third-order valence-corrected chi connectivity index (χ3v) is 3.34. The zero-order chi connectivity index (χ0) is 12.1. The van der Waals surface area contributed by atoms with Gasteiger partial charge in [-0.25, -0.2) is 0 Å². The van der Waals surface area contributed by atoms with Crippen molar-refractivity contribution in [3.8, 4) is 6.07 Å². The molecule has 17 heavy (non-hydrogen) atoms. The van der Waals surface area contributed by atoms with Crippen molar-refractivity contribution in [2.45, 2.75) is 31.8 Å². The van der Waals surface area contributed by atoms with Gasteiger partial charge in [-0.15, -0.1) is 0 Å². The van der Waals surface area contributed by atoms with Gasteiger partial charge in [0.15, 0.2) is 0 Å². The molecule has 1 heterocycles. The molecule has 0 spiro atoms. The van der Waals surface area contributed by atoms with E-state index in [1.807, 2.05) is 0 Å². The lowest BCUT2D eigenvalue weighted by Gasteiger charge is -2.25. The third-order valence-electron chi connectivity index (χ3n) is 3.34. The molecule has 0 aromatic carbocycles. The highest BCUT2D eigenvalue weighted by molar-refractivity contribution is 5.55. The molecule has 0 unspecified atom stereocenters. The molecule has 0 atom stereocenters. The van der Waals surface area contributed by atoms with Gasteiger partial charge in [-0.3, -0.25) is 4.98 Å². The van der Waals surface area contributed by atoms with Crippen molar-refractivity contribution in [3.63, 3.8) is 0 Å². The molecule has 90 valence electrons. The predicted octanol–water partition coefficient (Wildman–Crippen LogP) is 1.92. The number of nitriles is 1. The average molecular weight is 231 g/mol. The monoisotopic (exact) mass is 231 g/mol. The molecule has 0 amide bonds. The van der Waals surface area contributed by atoms with Crippen LogP contribution in [0, 0.1) is 17.2 Å². The quantitative estimate of drug-likeness (QED) is 0.833. The number of hydrogen-bond acceptors (Lipinski definition) is 4. The van der Waals surface area contributed by atoms with E-state index in [0.717, 1.165) is 37.9 Å². The van der Waals surface area contributed by atoms with E-state index in [2.05, 4.69) is 16.4 Å². The Hall–Kier alpha value is -1.60. The maximum Gasteiger partial charge on any atom is 0.101 e. The fraction of sp³-hybridized carbons (Fsp3) is 0.538. The SMILES string of the molecule is N#Cc1ccncc1NCC1CCC(O)CC1. The molecule has 0 bridgehead atoms. The molecule has 0 saturated heterocycles. The molecule has 2 rings (SSSR count). The summed E-state index contributed by atoms with van der Waals surface area (Å²) >= 11 is 0. The first-order valence-corrected chi connectivity index (χ1v) is 6.05. The summed E-state index contributed by atoms with van der Waals surface area (Å²) in [7, 11) is 0. The van der Waals surface area contributed by atoms with Gasteiger partial charge in [0.1, 0.15) is 6.07 Å². The topological polar surface area (TPSA) is 68.9 Å². The van der Waals surface area contributed by atoms with Crippen LogP contribution in [-0.4, -0.2) is 22.7 Å². The second kappa shape index (κ2) is 5.65. The van der Waals surface area contributed by atoms with Crippen molar-refractivity contribution in [3.05, 3.63) is 24.0 Å². The maximum absolute atomic E-state index is 9.42. The van der Waals surface area contributed by atoms with Crippen molar-refractivity contribution < 1.29 is 5.11 Å². The van der Waals surface area contributed by atoms with Crippen molar-refractivity contribution in [1.82, 2.24) is 4.98 Å². The highest BCUT2D eigenvalue weighted by Crippen LogP contribution is 2.24. The van der Waals surface area contributed by atoms with Gasteiger partial charge < -0.3 is 10.4 Å². The minimum atomic E-state index is -0.112. The minimum absolute atomic E-state index is 0.112. The van der Waals surface area contributed by atoms with Crippen molar-refractivity contribution in [1.29, 1.82) is 5.26 Å². The van der Waals surface area contributed by atoms with Crippen molar-refractivity contribution in [2.24, 2.45) is 5.92 Å². The van der Waals surface area contributed by atoms with Crippen LogP contribution in [0.2, 0.25) is 0 Å². The average Bonchev–Trinajstić information content (AvgIpc) is 2.38. The fourth-order valence-corrected chi connectivity index (χ4v) is 2.24. The molecule has 2 N–H and O–H groups in total. The van der Waals surface area contributed by atoms with Crippen LogP contribution >= 0.6 is 0 Å². The first kappa shape index (κ1) is 11.9. The van der Waals surface area contributed by atoms with Gasteiger partial charge >= 0.3 is 0 Å². The molecule has 1 saturated carbocycles. The lowest BCUT2D eigenvalue weighted by molar-refractivity contribution is 0.111. The summed E-state index contributed by atoms with van der Waals surface area (Å²) < 4.78 is 0. The van der Waals surface area contributed by atoms with Crippen LogP contribution in [0.25, 0.3) is 0 Å². The lowest BCUT2D eigenvalue weighted by Crippen LogP contribution is -2.23. The van der Waals surface area contributed by atoms with E-state index in [4.69, 9.17) is 5.26 Å². The van der Waals surface area contributed by atoms with E-state index in [1.54, 1.807) is 18.5 Å². The molecular formula is C13H17N3O. The summed E-state index contributed by atoms with van der Waals surface area (Å²) in [5.74, 6) is 0.588. The number of aromatic nitrogens is 1. The first-order chi connectivity index (χ1) is 8.29. The number of nitrogens with one attached hydrogen (secondary N) is 1. The normalized spacial score (nSPS) is 24.0. The van der Waals surface area contributed by atoms with E-state index in [9.17, 15) is 5.11 Å². The number of aliphatic hydroxyl groups excluding tert-OH is 1. The summed E-state index contributed by atoms with van der Waals surface area (Å²) in [5, 5.41) is 21.6. The molecule has 1 aromatic heterocycles. The Balaban J connectivity index is 1.88. The van der Waals surface area contributed by atoms with Gasteiger partial charge in [0, 0.05) is 12.7 Å². The molecule has 1 aliphatic carbocycles. The Morgan fingerprint density at radius 3 is 2.88 bits per heavy atom. The van der Waals surface area contributed by atoms with Crippen LogP contribution in [0.5, 0.6) is 0 Å². The first-order valence-electron chi connectivity index (χ1n) is 6.05. The van der Waals surface area contributed by atoms with E-state index in [-0.39, 0.29) is 6.10 Å². The molecule has 1 fully saturated rings. The Morgan fingerprint density at radius 1 is 1.41 bits per heavy atom. The van der Waals surface area contributed by atoms with Crippen molar-refractivity contribution >= 4 is 5.69 Å². The molecule has 4 heteroatoms. The van der Waals surface area contributed by atoms with Gasteiger partial charge in [-0.1, -0.05) is 0 Å². The molecule has 0 aliphatic heterocycles. The highest BCUT2D eigenvalue weighted by Gasteiger charge is 2.19. The molecule has 1 aromatic rings. The summed E-state index contributed by atoms with van der Waals surface area (Å²) in [5.41, 5.74) is 1.44. The number of hydrogen-bond donors (Lipinski definition) is 2. The van der Waals surface area contributed by atoms with Gasteiger partial charge in [0.05, 0.1) is 23.6 Å². The molecule has 1 aliphatic rings. The van der Waals surface area contributed by atoms with Crippen LogP contribution in [0.15, 0.2) is 18.5 Å². The maximum atomic E-state index is 9.42. The van der Waals surface area contributed by atoms with Crippen LogP contribution in [0.1, 0.15) is 31.2 Å². The molecule has 4 nitrogen and oxygen atoms in total. The van der Waals surface area contributed by atoms with E-state index < -0.39 is 0 Å². The Bertz CT molecular complexity index is 405. The van der Waals surface area contributed by atoms with Crippen LogP contribution in [0.3, 0.4) is 0 Å². The van der Waals surface area contributed by atoms with Gasteiger partial charge in [0.25, 0.3) is 0 Å². The van der Waals surface area contributed by atoms with Gasteiger partial charge in [-0.2, -0.15) is 5.26 Å². The number of nitrogens with zero attached hydrogens (tertiary/aromatic N) is 2. The number of rotatable bonds is 3. The van der Waals surface area contributed by atoms with Gasteiger partial charge in [-0.05, 0) is 37.7 Å². The second-order valence-electron chi connectivity index (χ2n) is 4.59. The number of pyridine rings is 1. The van der Waals surface area contributed by atoms with E-state index >= 15 is 0 Å². The largest absolute Gasteiger partial charge is 0.393 e. The lowest BCUT2D eigenvalue weighted by atomic mass is 9.87. The Kier molecular flexibility index (Phi) is 3.94. The smallest absolute Gasteiger partial charge is 0.101 e. The fourth-order valence-electron chi connectivity index (χ4n) is 2.24. The minimum Gasteiger partial charge on any atom is -0.393 e. The summed E-state index contributed by atoms with van der Waals surface area (Å²) in [6.07, 6.45) is 7.10. The third kappa shape index (κ3) is 3.18. The summed E-state index contributed by atoms with van der Waals surface area (Å²) in [6, 6.07) is 3.86. The zero-order valence-corrected chi connectivity index (χ0v) is 9.76. The van der Waals surface area contributed by atoms with Gasteiger partial charge in [0.2, 0.25) is 0 Å². The highest BCUT2D eigenvalue weighted by atomic mass is 16.3. The molecule has 0 radical (unpaired) electrons. The summed E-state index contributed by atoms with van der Waals surface area (Å²) in [6.45, 7) is 0.854. The van der Waals surface area contributed by atoms with E-state index in [1.165, 1.54) is 0 Å². The standard InChI is InChI=1S/C13H17N3O/c14-7-11-5-6-15-9-13(11)16-8-10-1-3-12(17)4-2-10/h5-6,9-10,12,16-17H,1-4,8H2. The van der Waals surface area contributed by atoms with Crippen LogP contribution in [-0.2, 0) is 0 Å². The number of aliphatic hydroxyl groups is 1. The summed E-state index contributed by atoms with van der Waals surface area (Å²) in [4.78, 5) is 4.02. The predicted molar refractivity (Wildman–Crippen MR) is 65.4 cm³/mol. The Morgan fingerprint density at radius 2 is 2.18 bits per heavy atom. The number of anilines is 1. The van der Waals surface area contributed by atoms with Crippen LogP contribution in [0.4, 0.5) is 5.69 Å². The van der Waals surface area contributed by atoms with Crippen LogP contribution < -0.4 is 5.32 Å². The van der Waals surface area contributed by atoms with Crippen molar-refractivity contribution in [2.75, 3.05) is 11.9 Å². The Labute approximate surface area is 101 Å².